The largest absolute Gasteiger partial charge is 0.497 e. The maximum atomic E-state index is 13.0. The van der Waals surface area contributed by atoms with Gasteiger partial charge >= 0.3 is 6.18 Å². The third kappa shape index (κ3) is 3.53. The molecule has 2 aromatic carbocycles. The Morgan fingerprint density at radius 3 is 2.66 bits per heavy atom. The van der Waals surface area contributed by atoms with Crippen molar-refractivity contribution < 1.29 is 22.7 Å². The summed E-state index contributed by atoms with van der Waals surface area (Å²) in [5.74, 6) is 0.00242. The highest BCUT2D eigenvalue weighted by Gasteiger charge is 2.35. The summed E-state index contributed by atoms with van der Waals surface area (Å²) in [5, 5.41) is 5.59. The van der Waals surface area contributed by atoms with Gasteiger partial charge in [-0.1, -0.05) is 24.3 Å². The summed E-state index contributed by atoms with van der Waals surface area (Å²) in [6.07, 6.45) is -3.42. The van der Waals surface area contributed by atoms with Crippen molar-refractivity contribution in [1.29, 1.82) is 0 Å². The molecular formula is C20H16F3N3O2S. The van der Waals surface area contributed by atoms with Gasteiger partial charge in [-0.15, -0.1) is 11.3 Å². The van der Waals surface area contributed by atoms with Crippen LogP contribution in [0.15, 0.2) is 48.1 Å². The number of halogens is 3. The van der Waals surface area contributed by atoms with Gasteiger partial charge in [-0.3, -0.25) is 9.20 Å². The van der Waals surface area contributed by atoms with Gasteiger partial charge in [-0.05, 0) is 35.4 Å². The van der Waals surface area contributed by atoms with Crippen LogP contribution in [0.5, 0.6) is 5.75 Å². The van der Waals surface area contributed by atoms with Gasteiger partial charge in [-0.2, -0.15) is 13.2 Å². The molecular weight excluding hydrogens is 403 g/mol. The van der Waals surface area contributed by atoms with Crippen LogP contribution in [0.3, 0.4) is 0 Å². The van der Waals surface area contributed by atoms with Gasteiger partial charge in [0.25, 0.3) is 0 Å². The highest BCUT2D eigenvalue weighted by Crippen LogP contribution is 2.35. The fraction of sp³-hybridized carbons (Fsp3) is 0.200. The minimum absolute atomic E-state index is 0.118. The van der Waals surface area contributed by atoms with E-state index in [2.05, 4.69) is 10.3 Å². The van der Waals surface area contributed by atoms with Crippen LogP contribution in [0.25, 0.3) is 15.6 Å². The van der Waals surface area contributed by atoms with Crippen molar-refractivity contribution in [3.05, 3.63) is 59.4 Å². The van der Waals surface area contributed by atoms with Gasteiger partial charge in [0.05, 0.1) is 13.0 Å². The topological polar surface area (TPSA) is 55.6 Å². The highest BCUT2D eigenvalue weighted by atomic mass is 32.1. The van der Waals surface area contributed by atoms with E-state index in [1.54, 1.807) is 14.0 Å². The molecule has 1 amide bonds. The molecule has 4 rings (SSSR count). The summed E-state index contributed by atoms with van der Waals surface area (Å²) in [6, 6.07) is 11.3. The molecule has 0 spiro atoms. The molecule has 0 radical (unpaired) electrons. The van der Waals surface area contributed by atoms with E-state index in [1.807, 2.05) is 36.4 Å². The van der Waals surface area contributed by atoms with E-state index in [-0.39, 0.29) is 16.6 Å². The maximum Gasteiger partial charge on any atom is 0.432 e. The van der Waals surface area contributed by atoms with Crippen LogP contribution < -0.4 is 10.1 Å². The van der Waals surface area contributed by atoms with Crippen molar-refractivity contribution in [3.63, 3.8) is 0 Å². The van der Waals surface area contributed by atoms with Crippen LogP contribution in [0, 0.1) is 0 Å². The second-order valence-corrected chi connectivity index (χ2v) is 7.43. The zero-order chi connectivity index (χ0) is 20.8. The van der Waals surface area contributed by atoms with Crippen LogP contribution in [0.2, 0.25) is 0 Å². The molecule has 1 unspecified atom stereocenters. The smallest absolute Gasteiger partial charge is 0.432 e. The molecule has 0 saturated carbocycles. The Bertz CT molecular complexity index is 1210. The number of carbonyl (C=O) groups excluding carboxylic acids is 1. The molecule has 2 heterocycles. The molecule has 0 aliphatic rings. The first kappa shape index (κ1) is 19.3. The quantitative estimate of drug-likeness (QED) is 0.487. The van der Waals surface area contributed by atoms with Crippen LogP contribution in [0.4, 0.5) is 19.0 Å². The van der Waals surface area contributed by atoms with Gasteiger partial charge in [0, 0.05) is 5.38 Å². The van der Waals surface area contributed by atoms with Gasteiger partial charge in [0.15, 0.2) is 5.82 Å². The standard InChI is InChI=1S/C20H16F3N3O2S/c1-11(12-3-4-14-8-15(28-2)6-5-13(14)7-12)18(27)25-17-19-26(10-24-17)16(9-29-19)20(21,22)23/h3-11H,1-2H3,(H,25,27). The Labute approximate surface area is 167 Å². The van der Waals surface area contributed by atoms with Crippen molar-refractivity contribution in [2.45, 2.75) is 19.0 Å². The number of rotatable bonds is 4. The number of amides is 1. The fourth-order valence-electron chi connectivity index (χ4n) is 3.09. The lowest BCUT2D eigenvalue weighted by molar-refractivity contribution is -0.141. The maximum absolute atomic E-state index is 13.0. The average Bonchev–Trinajstić information content (AvgIpc) is 3.29. The number of hydrogen-bond donors (Lipinski definition) is 1. The summed E-state index contributed by atoms with van der Waals surface area (Å²) in [6.45, 7) is 1.74. The predicted octanol–water partition coefficient (Wildman–Crippen LogP) is 5.32. The molecule has 5 nitrogen and oxygen atoms in total. The molecule has 0 aliphatic heterocycles. The minimum atomic E-state index is -4.48. The number of nitrogens with one attached hydrogen (secondary N) is 1. The van der Waals surface area contributed by atoms with Crippen molar-refractivity contribution in [1.82, 2.24) is 9.38 Å². The number of anilines is 1. The summed E-state index contributed by atoms with van der Waals surface area (Å²) in [5.41, 5.74) is -0.0266. The summed E-state index contributed by atoms with van der Waals surface area (Å²) >= 11 is 0.883. The lowest BCUT2D eigenvalue weighted by atomic mass is 9.97. The van der Waals surface area contributed by atoms with Crippen LogP contribution in [0.1, 0.15) is 24.1 Å². The number of aromatic nitrogens is 2. The Hall–Kier alpha value is -3.07. The number of methoxy groups -OCH3 is 1. The number of carbonyl (C=O) groups is 1. The molecule has 0 bridgehead atoms. The lowest BCUT2D eigenvalue weighted by Crippen LogP contribution is -2.19. The lowest BCUT2D eigenvalue weighted by Gasteiger charge is -2.12. The van der Waals surface area contributed by atoms with Crippen molar-refractivity contribution in [2.24, 2.45) is 0 Å². The summed E-state index contributed by atoms with van der Waals surface area (Å²) in [7, 11) is 1.60. The molecule has 1 atom stereocenters. The van der Waals surface area contributed by atoms with Crippen molar-refractivity contribution in [3.8, 4) is 5.75 Å². The monoisotopic (exact) mass is 419 g/mol. The van der Waals surface area contributed by atoms with Gasteiger partial charge < -0.3 is 10.1 Å². The molecule has 4 aromatic rings. The van der Waals surface area contributed by atoms with E-state index >= 15 is 0 Å². The fourth-order valence-corrected chi connectivity index (χ4v) is 4.04. The normalized spacial score (nSPS) is 13.0. The van der Waals surface area contributed by atoms with Gasteiger partial charge in [-0.25, -0.2) is 4.98 Å². The third-order valence-electron chi connectivity index (χ3n) is 4.76. The van der Waals surface area contributed by atoms with E-state index in [0.29, 0.717) is 0 Å². The van der Waals surface area contributed by atoms with Gasteiger partial charge in [0.1, 0.15) is 22.6 Å². The second kappa shape index (κ2) is 7.07. The van der Waals surface area contributed by atoms with Crippen molar-refractivity contribution >= 4 is 38.7 Å². The van der Waals surface area contributed by atoms with Crippen LogP contribution >= 0.6 is 11.3 Å². The second-order valence-electron chi connectivity index (χ2n) is 6.57. The van der Waals surface area contributed by atoms with Crippen molar-refractivity contribution in [2.75, 3.05) is 12.4 Å². The molecule has 150 valence electrons. The van der Waals surface area contributed by atoms with E-state index in [9.17, 15) is 18.0 Å². The Balaban J connectivity index is 1.58. The zero-order valence-corrected chi connectivity index (χ0v) is 16.3. The van der Waals surface area contributed by atoms with E-state index in [0.717, 1.165) is 49.5 Å². The molecule has 29 heavy (non-hydrogen) atoms. The van der Waals surface area contributed by atoms with Crippen LogP contribution in [-0.2, 0) is 11.0 Å². The molecule has 0 fully saturated rings. The first-order chi connectivity index (χ1) is 13.8. The number of imidazole rings is 1. The molecule has 2 aromatic heterocycles. The predicted molar refractivity (Wildman–Crippen MR) is 106 cm³/mol. The number of ether oxygens (including phenoxy) is 1. The van der Waals surface area contributed by atoms with E-state index in [4.69, 9.17) is 4.74 Å². The summed E-state index contributed by atoms with van der Waals surface area (Å²) in [4.78, 5) is 16.9. The Morgan fingerprint density at radius 2 is 1.93 bits per heavy atom. The number of hydrogen-bond acceptors (Lipinski definition) is 4. The highest BCUT2D eigenvalue weighted by molar-refractivity contribution is 7.16. The first-order valence-electron chi connectivity index (χ1n) is 8.68. The molecule has 0 aliphatic carbocycles. The van der Waals surface area contributed by atoms with E-state index in [1.165, 1.54) is 0 Å². The number of nitrogens with zero attached hydrogens (tertiary/aromatic N) is 2. The van der Waals surface area contributed by atoms with Gasteiger partial charge in [0.2, 0.25) is 5.91 Å². The summed E-state index contributed by atoms with van der Waals surface area (Å²) < 4.78 is 45.2. The Kier molecular flexibility index (Phi) is 4.70. The Morgan fingerprint density at radius 1 is 1.21 bits per heavy atom. The number of benzene rings is 2. The SMILES string of the molecule is COc1ccc2cc(C(C)C(=O)Nc3ncn4c(C(F)(F)F)csc34)ccc2c1. The minimum Gasteiger partial charge on any atom is -0.497 e. The number of fused-ring (bicyclic) bond motifs is 2. The van der Waals surface area contributed by atoms with E-state index < -0.39 is 17.8 Å². The average molecular weight is 419 g/mol. The third-order valence-corrected chi connectivity index (χ3v) is 5.72. The zero-order valence-electron chi connectivity index (χ0n) is 15.4. The number of alkyl halides is 3. The molecule has 9 heteroatoms. The van der Waals surface area contributed by atoms with Crippen LogP contribution in [-0.4, -0.2) is 22.4 Å². The molecule has 1 N–H and O–H groups in total. The number of thiazole rings is 1. The molecule has 0 saturated heterocycles. The first-order valence-corrected chi connectivity index (χ1v) is 9.56.